The van der Waals surface area contributed by atoms with Gasteiger partial charge in [-0.05, 0) is 4.92 Å². The van der Waals surface area contributed by atoms with E-state index in [1.807, 2.05) is 0 Å². The molecule has 1 rings (SSSR count). The number of aromatic nitrogens is 3. The number of carbonyl (C=O) groups is 1. The van der Waals surface area contributed by atoms with Crippen molar-refractivity contribution in [3.8, 4) is 0 Å². The summed E-state index contributed by atoms with van der Waals surface area (Å²) in [6, 6.07) is 0. The first-order chi connectivity index (χ1) is 6.50. The van der Waals surface area contributed by atoms with E-state index < -0.39 is 22.8 Å². The summed E-state index contributed by atoms with van der Waals surface area (Å²) < 4.78 is 1.14. The maximum Gasteiger partial charge on any atom is 0.490 e. The van der Waals surface area contributed by atoms with Gasteiger partial charge in [0, 0.05) is 5.10 Å². The fraction of sp³-hybridized carbons (Fsp3) is 0.500. The highest BCUT2D eigenvalue weighted by Crippen LogP contribution is 2.03. The van der Waals surface area contributed by atoms with E-state index in [4.69, 9.17) is 5.11 Å². The lowest BCUT2D eigenvalue weighted by molar-refractivity contribution is -0.394. The number of carboxylic acid groups (broad SMARTS) is 1. The zero-order chi connectivity index (χ0) is 10.7. The van der Waals surface area contributed by atoms with Gasteiger partial charge >= 0.3 is 11.9 Å². The Morgan fingerprint density at radius 3 is 2.93 bits per heavy atom. The lowest BCUT2D eigenvalue weighted by atomic mass is 10.2. The molecule has 1 N–H and O–H groups in total. The Kier molecular flexibility index (Phi) is 2.75. The molecule has 0 saturated heterocycles. The van der Waals surface area contributed by atoms with Crippen LogP contribution in [0.2, 0.25) is 0 Å². The van der Waals surface area contributed by atoms with Crippen LogP contribution in [-0.2, 0) is 11.3 Å². The zero-order valence-corrected chi connectivity index (χ0v) is 7.32. The molecule has 0 radical (unpaired) electrons. The maximum atomic E-state index is 10.4. The number of hydrogen-bond donors (Lipinski definition) is 1. The highest BCUT2D eigenvalue weighted by molar-refractivity contribution is 5.69. The van der Waals surface area contributed by atoms with E-state index in [-0.39, 0.29) is 6.54 Å². The lowest BCUT2D eigenvalue weighted by Crippen LogP contribution is -2.17. The van der Waals surface area contributed by atoms with Crippen LogP contribution in [-0.4, -0.2) is 30.8 Å². The Hall–Kier alpha value is -1.99. The van der Waals surface area contributed by atoms with Crippen molar-refractivity contribution in [2.45, 2.75) is 13.5 Å². The molecule has 0 aliphatic heterocycles. The molecule has 1 aromatic rings. The predicted molar refractivity (Wildman–Crippen MR) is 43.5 cm³/mol. The van der Waals surface area contributed by atoms with E-state index in [2.05, 4.69) is 10.1 Å². The molecule has 8 nitrogen and oxygen atoms in total. The fourth-order valence-corrected chi connectivity index (χ4v) is 0.815. The zero-order valence-electron chi connectivity index (χ0n) is 7.32. The fourth-order valence-electron chi connectivity index (χ4n) is 0.815. The average molecular weight is 200 g/mol. The summed E-state index contributed by atoms with van der Waals surface area (Å²) >= 11 is 0. The summed E-state index contributed by atoms with van der Waals surface area (Å²) in [5.74, 6) is -2.16. The van der Waals surface area contributed by atoms with Crippen LogP contribution < -0.4 is 0 Å². The van der Waals surface area contributed by atoms with Crippen LogP contribution in [0.1, 0.15) is 6.92 Å². The number of hydrogen-bond acceptors (Lipinski definition) is 5. The van der Waals surface area contributed by atoms with Gasteiger partial charge in [-0.15, -0.1) is 0 Å². The quantitative estimate of drug-likeness (QED) is 0.536. The Morgan fingerprint density at radius 2 is 2.50 bits per heavy atom. The minimum absolute atomic E-state index is 0.0656. The van der Waals surface area contributed by atoms with Crippen LogP contribution in [0.15, 0.2) is 6.33 Å². The van der Waals surface area contributed by atoms with E-state index in [1.165, 1.54) is 6.92 Å². The first-order valence-electron chi connectivity index (χ1n) is 3.77. The second-order valence-corrected chi connectivity index (χ2v) is 2.76. The van der Waals surface area contributed by atoms with Gasteiger partial charge in [-0.25, -0.2) is 0 Å². The first-order valence-corrected chi connectivity index (χ1v) is 3.77. The van der Waals surface area contributed by atoms with Gasteiger partial charge < -0.3 is 15.2 Å². The molecule has 8 heteroatoms. The van der Waals surface area contributed by atoms with Gasteiger partial charge in [0.2, 0.25) is 6.33 Å². The maximum absolute atomic E-state index is 10.4. The largest absolute Gasteiger partial charge is 0.490 e. The molecule has 0 fully saturated rings. The van der Waals surface area contributed by atoms with Gasteiger partial charge in [0.1, 0.15) is 0 Å². The average Bonchev–Trinajstić information content (AvgIpc) is 2.52. The van der Waals surface area contributed by atoms with Crippen molar-refractivity contribution in [1.82, 2.24) is 14.8 Å². The molecule has 0 aliphatic rings. The first kappa shape index (κ1) is 10.1. The third kappa shape index (κ3) is 2.25. The Morgan fingerprint density at radius 1 is 1.86 bits per heavy atom. The topological polar surface area (TPSA) is 111 Å². The summed E-state index contributed by atoms with van der Waals surface area (Å²) in [6.45, 7) is 1.55. The van der Waals surface area contributed by atoms with Crippen molar-refractivity contribution in [3.63, 3.8) is 0 Å². The van der Waals surface area contributed by atoms with E-state index >= 15 is 0 Å². The van der Waals surface area contributed by atoms with Crippen LogP contribution in [0.25, 0.3) is 0 Å². The molecular weight excluding hydrogens is 192 g/mol. The standard InChI is InChI=1S/C6H8N4O4/c1-4(5(11)12)2-9-3-7-6(8-9)10(13)14/h3-4H,2H2,1H3,(H,11,12). The number of nitro groups is 1. The Bertz CT molecular complexity index is 360. The summed E-state index contributed by atoms with van der Waals surface area (Å²) in [5.41, 5.74) is 0. The monoisotopic (exact) mass is 200 g/mol. The van der Waals surface area contributed by atoms with Crippen LogP contribution in [0.5, 0.6) is 0 Å². The molecule has 1 unspecified atom stereocenters. The summed E-state index contributed by atoms with van der Waals surface area (Å²) in [5, 5.41) is 22.2. The predicted octanol–water partition coefficient (Wildman–Crippen LogP) is -0.0930. The van der Waals surface area contributed by atoms with E-state index in [0.29, 0.717) is 0 Å². The normalized spacial score (nSPS) is 12.4. The van der Waals surface area contributed by atoms with Crippen molar-refractivity contribution in [1.29, 1.82) is 0 Å². The van der Waals surface area contributed by atoms with Gasteiger partial charge in [-0.2, -0.15) is 4.68 Å². The van der Waals surface area contributed by atoms with E-state index in [0.717, 1.165) is 11.0 Å². The minimum Gasteiger partial charge on any atom is -0.481 e. The summed E-state index contributed by atoms with van der Waals surface area (Å²) in [7, 11) is 0. The van der Waals surface area contributed by atoms with Crippen LogP contribution in [0, 0.1) is 16.0 Å². The van der Waals surface area contributed by atoms with Crippen LogP contribution in [0.4, 0.5) is 5.95 Å². The molecule has 0 bridgehead atoms. The van der Waals surface area contributed by atoms with Crippen LogP contribution >= 0.6 is 0 Å². The molecule has 0 saturated carbocycles. The third-order valence-corrected chi connectivity index (χ3v) is 1.57. The second kappa shape index (κ2) is 3.81. The molecule has 1 aromatic heterocycles. The van der Waals surface area contributed by atoms with Gasteiger partial charge in [0.25, 0.3) is 0 Å². The molecule has 1 atom stereocenters. The van der Waals surface area contributed by atoms with E-state index in [1.54, 1.807) is 0 Å². The second-order valence-electron chi connectivity index (χ2n) is 2.76. The number of aliphatic carboxylic acids is 1. The molecule has 0 spiro atoms. The highest BCUT2D eigenvalue weighted by Gasteiger charge is 2.17. The van der Waals surface area contributed by atoms with Crippen LogP contribution in [0.3, 0.4) is 0 Å². The van der Waals surface area contributed by atoms with E-state index in [9.17, 15) is 14.9 Å². The van der Waals surface area contributed by atoms with Gasteiger partial charge in [0.05, 0.1) is 12.5 Å². The molecule has 1 heterocycles. The number of rotatable bonds is 4. The van der Waals surface area contributed by atoms with Crippen molar-refractivity contribution in [2.75, 3.05) is 0 Å². The van der Waals surface area contributed by atoms with Gasteiger partial charge in [-0.3, -0.25) is 4.79 Å². The lowest BCUT2D eigenvalue weighted by Gasteiger charge is -2.01. The molecule has 0 aromatic carbocycles. The van der Waals surface area contributed by atoms with Crippen molar-refractivity contribution >= 4 is 11.9 Å². The Labute approximate surface area is 78.3 Å². The van der Waals surface area contributed by atoms with Crippen molar-refractivity contribution in [2.24, 2.45) is 5.92 Å². The summed E-state index contributed by atoms with van der Waals surface area (Å²) in [4.78, 5) is 23.3. The molecule has 76 valence electrons. The van der Waals surface area contributed by atoms with Gasteiger partial charge in [-0.1, -0.05) is 11.9 Å². The smallest absolute Gasteiger partial charge is 0.481 e. The number of carboxylic acids is 1. The molecular formula is C6H8N4O4. The Balaban J connectivity index is 2.69. The number of nitrogens with zero attached hydrogens (tertiary/aromatic N) is 4. The van der Waals surface area contributed by atoms with Gasteiger partial charge in [0.15, 0.2) is 0 Å². The van der Waals surface area contributed by atoms with Crippen molar-refractivity contribution in [3.05, 3.63) is 16.4 Å². The minimum atomic E-state index is -0.983. The molecule has 0 aliphatic carbocycles. The molecule has 14 heavy (non-hydrogen) atoms. The molecule has 0 amide bonds. The SMILES string of the molecule is CC(Cn1cnc([N+](=O)[O-])n1)C(=O)O. The summed E-state index contributed by atoms with van der Waals surface area (Å²) in [6.07, 6.45) is 1.14. The highest BCUT2D eigenvalue weighted by atomic mass is 16.6. The van der Waals surface area contributed by atoms with Crippen molar-refractivity contribution < 1.29 is 14.8 Å². The third-order valence-electron chi connectivity index (χ3n) is 1.57.